The number of rotatable bonds is 23. The van der Waals surface area contributed by atoms with Gasteiger partial charge in [0.05, 0.1) is 95.1 Å². The number of halogens is 8. The van der Waals surface area contributed by atoms with Crippen LogP contribution in [-0.2, 0) is 73.6 Å². The Bertz CT molecular complexity index is 4220. The summed E-state index contributed by atoms with van der Waals surface area (Å²) in [4.78, 5) is 71.7. The lowest BCUT2D eigenvalue weighted by atomic mass is 9.81. The van der Waals surface area contributed by atoms with Crippen molar-refractivity contribution in [2.45, 2.75) is 231 Å². The maximum Gasteiger partial charge on any atom is 0.391 e. The van der Waals surface area contributed by atoms with Crippen LogP contribution in [0.5, 0.6) is 0 Å². The molecule has 9 heterocycles. The van der Waals surface area contributed by atoms with E-state index in [-0.39, 0.29) is 144 Å². The number of sulfone groups is 3. The molecule has 0 spiro atoms. The fraction of sp³-hybridized carbons (Fsp3) is 0.603. The Morgan fingerprint density at radius 1 is 0.505 bits per heavy atom. The third-order valence-electron chi connectivity index (χ3n) is 21.8. The van der Waals surface area contributed by atoms with Crippen LogP contribution in [0.1, 0.15) is 242 Å². The smallest absolute Gasteiger partial charge is 0.346 e. The molecule has 3 fully saturated rings. The second-order valence-corrected chi connectivity index (χ2v) is 40.8. The van der Waals surface area contributed by atoms with Crippen molar-refractivity contribution in [3.8, 4) is 0 Å². The van der Waals surface area contributed by atoms with E-state index in [0.29, 0.717) is 100 Å². The second-order valence-electron chi connectivity index (χ2n) is 30.7. The SMILES string of the molecule is CC1CCC(C=O)CC1.CCS(=O)(=O)c1ccc(CNC(=O)c2cc3c(s2)C(C(C)C)NC3)nc1.CCS(=O)(=O)c1ccc(CNC(=O)c2cc3c(s2)[C@@H](C(C)C)N(CC2CCC(C(F)(F)F)CC2)C3)nc1.CCS(=O)(=O)c1ccc(CNC(=O)c2cc3c(s2)[C@H](C(C)C)N(CC2CCC(C(F)(F)F)CC2)C3)nc1.Cl.Cl. The van der Waals surface area contributed by atoms with E-state index in [0.717, 1.165) is 65.6 Å². The van der Waals surface area contributed by atoms with Crippen molar-refractivity contribution >= 4 is 112 Å². The van der Waals surface area contributed by atoms with Crippen LogP contribution in [0.25, 0.3) is 0 Å². The largest absolute Gasteiger partial charge is 0.391 e. The third-order valence-corrected chi connectivity index (χ3v) is 30.7. The van der Waals surface area contributed by atoms with Gasteiger partial charge in [-0.15, -0.1) is 58.8 Å². The fourth-order valence-corrected chi connectivity index (χ4v) is 21.9. The number of fused-ring (bicyclic) bond motifs is 3. The molecule has 0 saturated heterocycles. The molecular formula is C78H107Cl2F6N9O10S6. The molecule has 1 unspecified atom stereocenters. The molecule has 6 aromatic rings. The number of nitrogens with one attached hydrogen (secondary N) is 4. The van der Waals surface area contributed by atoms with E-state index in [1.165, 1.54) is 94.1 Å². The molecule has 0 radical (unpaired) electrons. The molecule has 6 aromatic heterocycles. The number of alkyl halides is 6. The first-order chi connectivity index (χ1) is 51.4. The van der Waals surface area contributed by atoms with Crippen molar-refractivity contribution in [2.24, 2.45) is 53.3 Å². The molecule has 3 aliphatic carbocycles. The van der Waals surface area contributed by atoms with E-state index in [1.54, 1.807) is 39.0 Å². The first-order valence-electron chi connectivity index (χ1n) is 38.0. The summed E-state index contributed by atoms with van der Waals surface area (Å²) < 4.78 is 150. The Balaban J connectivity index is 0.000000219. The summed E-state index contributed by atoms with van der Waals surface area (Å²) >= 11 is 4.49. The predicted octanol–water partition coefficient (Wildman–Crippen LogP) is 17.0. The lowest BCUT2D eigenvalue weighted by Gasteiger charge is -2.35. The maximum absolute atomic E-state index is 13.0. The van der Waals surface area contributed by atoms with Gasteiger partial charge in [0.25, 0.3) is 17.7 Å². The van der Waals surface area contributed by atoms with Gasteiger partial charge in [-0.1, -0.05) is 82.1 Å². The topological polar surface area (TPSA) is 264 Å². The van der Waals surface area contributed by atoms with Gasteiger partial charge in [-0.3, -0.25) is 39.1 Å². The monoisotopic (exact) mass is 1710 g/mol. The Kier molecular flexibility index (Phi) is 33.7. The maximum atomic E-state index is 13.0. The van der Waals surface area contributed by atoms with Gasteiger partial charge in [-0.25, -0.2) is 25.3 Å². The molecule has 4 N–H and O–H groups in total. The number of aldehydes is 1. The minimum atomic E-state index is -4.09. The highest BCUT2D eigenvalue weighted by Gasteiger charge is 2.45. The lowest BCUT2D eigenvalue weighted by molar-refractivity contribution is -0.185. The van der Waals surface area contributed by atoms with Crippen LogP contribution in [0, 0.1) is 53.3 Å². The standard InChI is InChI=1S/2C26H34F3N3O3S2.C18H23N3O3S2.C8H14O.2ClH/c2*1-4-37(34,35)21-10-9-20(30-13-21)12-31-25(33)22-11-18-15-32(23(16(2)3)24(18)36-22)14-17-5-7-19(8-6-17)26(27,28)29;1-4-26(23,24)14-6-5-13(19-10-14)9-21-18(22)15-7-12-8-20-16(11(2)3)17(12)25-15;1-7-2-4-8(6-9)5-3-7;;/h2*9-11,13,16-17,19,23H,4-8,12,14-15H2,1-3H3,(H,31,33);5-7,10-11,16,20H,4,8-9H2,1-3H3,(H,21,22);6-8H,2-5H2,1H3;2*1H/t2*17?,19?,23-;;;;/m10..../s1. The summed E-state index contributed by atoms with van der Waals surface area (Å²) in [7, 11) is -9.89. The van der Waals surface area contributed by atoms with E-state index in [1.807, 2.05) is 18.2 Å². The van der Waals surface area contributed by atoms with Gasteiger partial charge >= 0.3 is 12.4 Å². The minimum Gasteiger partial charge on any atom is -0.346 e. The molecule has 3 atom stereocenters. The van der Waals surface area contributed by atoms with Crippen LogP contribution in [0.15, 0.2) is 87.9 Å². The fourth-order valence-electron chi connectivity index (χ4n) is 15.2. The number of nitrogens with zero attached hydrogens (tertiary/aromatic N) is 5. The summed E-state index contributed by atoms with van der Waals surface area (Å²) in [5.41, 5.74) is 5.19. The van der Waals surface area contributed by atoms with Gasteiger partial charge in [-0.05, 0) is 171 Å². The van der Waals surface area contributed by atoms with Crippen molar-refractivity contribution in [3.05, 3.63) is 136 Å². The van der Waals surface area contributed by atoms with Crippen molar-refractivity contribution < 1.29 is 70.8 Å². The highest BCUT2D eigenvalue weighted by Crippen LogP contribution is 2.49. The quantitative estimate of drug-likeness (QED) is 0.0343. The highest BCUT2D eigenvalue weighted by molar-refractivity contribution is 7.92. The minimum absolute atomic E-state index is 0. The molecular weight excluding hydrogens is 1600 g/mol. The normalized spacial score (nSPS) is 22.1. The van der Waals surface area contributed by atoms with Gasteiger partial charge in [0, 0.05) is 90.0 Å². The van der Waals surface area contributed by atoms with Gasteiger partial charge in [0.15, 0.2) is 29.5 Å². The van der Waals surface area contributed by atoms with Gasteiger partial charge in [0.2, 0.25) is 0 Å². The van der Waals surface area contributed by atoms with E-state index >= 15 is 0 Å². The zero-order valence-corrected chi connectivity index (χ0v) is 71.1. The average molecular weight is 1710 g/mol. The molecule has 0 aromatic carbocycles. The number of hydrogen-bond donors (Lipinski definition) is 4. The Morgan fingerprint density at radius 3 is 1.13 bits per heavy atom. The van der Waals surface area contributed by atoms with E-state index in [4.69, 9.17) is 0 Å². The Morgan fingerprint density at radius 2 is 0.838 bits per heavy atom. The van der Waals surface area contributed by atoms with Gasteiger partial charge in [0.1, 0.15) is 6.29 Å². The molecule has 3 saturated carbocycles. The first-order valence-corrected chi connectivity index (χ1v) is 45.4. The summed E-state index contributed by atoms with van der Waals surface area (Å²) in [5.74, 6) is 0.0709. The summed E-state index contributed by atoms with van der Waals surface area (Å²) in [6, 6.07) is 15.8. The molecule has 6 aliphatic rings. The van der Waals surface area contributed by atoms with Crippen LogP contribution in [-0.4, -0.2) is 117 Å². The Hall–Kier alpha value is -5.48. The van der Waals surface area contributed by atoms with Crippen molar-refractivity contribution in [2.75, 3.05) is 30.3 Å². The molecule has 3 amide bonds. The van der Waals surface area contributed by atoms with Crippen LogP contribution >= 0.6 is 58.8 Å². The van der Waals surface area contributed by atoms with Gasteiger partial charge in [-0.2, -0.15) is 26.3 Å². The molecule has 616 valence electrons. The van der Waals surface area contributed by atoms with Crippen molar-refractivity contribution in [3.63, 3.8) is 0 Å². The zero-order chi connectivity index (χ0) is 79.5. The summed E-state index contributed by atoms with van der Waals surface area (Å²) in [6.45, 7) is 24.3. The van der Waals surface area contributed by atoms with E-state index < -0.39 is 53.7 Å². The van der Waals surface area contributed by atoms with Crippen LogP contribution in [0.2, 0.25) is 0 Å². The van der Waals surface area contributed by atoms with Crippen molar-refractivity contribution in [1.29, 1.82) is 0 Å². The average Bonchev–Trinajstić information content (AvgIpc) is 1.62. The van der Waals surface area contributed by atoms with Crippen LogP contribution < -0.4 is 21.3 Å². The third kappa shape index (κ3) is 24.6. The van der Waals surface area contributed by atoms with Crippen LogP contribution in [0.4, 0.5) is 26.3 Å². The summed E-state index contributed by atoms with van der Waals surface area (Å²) in [6.07, 6.45) is 4.96. The predicted molar refractivity (Wildman–Crippen MR) is 427 cm³/mol. The molecule has 0 bridgehead atoms. The van der Waals surface area contributed by atoms with E-state index in [9.17, 15) is 70.8 Å². The number of hydrogen-bond acceptors (Lipinski definition) is 19. The van der Waals surface area contributed by atoms with E-state index in [2.05, 4.69) is 94.5 Å². The number of carbonyl (C=O) groups is 4. The van der Waals surface area contributed by atoms with Crippen molar-refractivity contribution in [1.82, 2.24) is 46.0 Å². The Labute approximate surface area is 674 Å². The molecule has 111 heavy (non-hydrogen) atoms. The number of carbonyl (C=O) groups excluding carboxylic acids is 4. The number of thiophene rings is 3. The molecule has 19 nitrogen and oxygen atoms in total. The number of amides is 3. The zero-order valence-electron chi connectivity index (χ0n) is 64.5. The molecule has 33 heteroatoms. The van der Waals surface area contributed by atoms with Gasteiger partial charge < -0.3 is 26.1 Å². The molecule has 12 rings (SSSR count). The number of aromatic nitrogens is 3. The first kappa shape index (κ1) is 92.7. The molecule has 3 aliphatic heterocycles. The number of pyridine rings is 3. The highest BCUT2D eigenvalue weighted by atomic mass is 35.5. The summed E-state index contributed by atoms with van der Waals surface area (Å²) in [5, 5.41) is 12.1. The second kappa shape index (κ2) is 40.4. The van der Waals surface area contributed by atoms with Crippen LogP contribution in [0.3, 0.4) is 0 Å². The lowest BCUT2D eigenvalue weighted by Crippen LogP contribution is -2.35.